The van der Waals surface area contributed by atoms with Crippen molar-refractivity contribution in [3.8, 4) is 17.0 Å². The molecular formula is C26H29FN6O2. The quantitative estimate of drug-likeness (QED) is 0.583. The summed E-state index contributed by atoms with van der Waals surface area (Å²) in [5.41, 5.74) is 9.48. The van der Waals surface area contributed by atoms with Crippen molar-refractivity contribution in [1.82, 2.24) is 25.0 Å². The fraction of sp³-hybridized carbons (Fsp3) is 0.423. The summed E-state index contributed by atoms with van der Waals surface area (Å²) < 4.78 is 21.4. The largest absolute Gasteiger partial charge is 0.485 e. The molecule has 8 nitrogen and oxygen atoms in total. The average Bonchev–Trinajstić information content (AvgIpc) is 3.53. The van der Waals surface area contributed by atoms with Crippen LogP contribution in [0.15, 0.2) is 42.6 Å². The first kappa shape index (κ1) is 21.9. The molecule has 1 atom stereocenters. The number of aryl methyl sites for hydroxylation is 1. The molecule has 0 radical (unpaired) electrons. The van der Waals surface area contributed by atoms with Gasteiger partial charge < -0.3 is 20.7 Å². The van der Waals surface area contributed by atoms with E-state index in [1.807, 2.05) is 11.0 Å². The van der Waals surface area contributed by atoms with E-state index in [2.05, 4.69) is 21.0 Å². The molecule has 2 aromatic heterocycles. The Bertz CT molecular complexity index is 1270. The number of pyridine rings is 1. The lowest BCUT2D eigenvalue weighted by Gasteiger charge is -2.30. The Morgan fingerprint density at radius 3 is 2.89 bits per heavy atom. The highest BCUT2D eigenvalue weighted by Gasteiger charge is 2.47. The molecule has 1 spiro atoms. The molecule has 1 aromatic carbocycles. The number of ether oxygens (including phenoxy) is 1. The molecule has 3 aliphatic rings. The number of carbonyl (C=O) groups is 1. The van der Waals surface area contributed by atoms with Crippen LogP contribution in [0, 0.1) is 5.82 Å². The summed E-state index contributed by atoms with van der Waals surface area (Å²) in [5, 5.41) is 8.00. The predicted molar refractivity (Wildman–Crippen MR) is 129 cm³/mol. The zero-order valence-electron chi connectivity index (χ0n) is 19.5. The lowest BCUT2D eigenvalue weighted by molar-refractivity contribution is 0.193. The zero-order chi connectivity index (χ0) is 24.0. The van der Waals surface area contributed by atoms with Gasteiger partial charge in [-0.1, -0.05) is 12.1 Å². The van der Waals surface area contributed by atoms with Gasteiger partial charge in [-0.15, -0.1) is 0 Å². The number of carbonyl (C=O) groups excluding carboxylic acids is 1. The zero-order valence-corrected chi connectivity index (χ0v) is 19.5. The van der Waals surface area contributed by atoms with Gasteiger partial charge in [0.1, 0.15) is 12.4 Å². The molecule has 1 saturated carbocycles. The molecule has 9 heteroatoms. The van der Waals surface area contributed by atoms with Crippen molar-refractivity contribution < 1.29 is 13.9 Å². The molecule has 2 amide bonds. The van der Waals surface area contributed by atoms with Gasteiger partial charge in [-0.05, 0) is 61.9 Å². The van der Waals surface area contributed by atoms with E-state index in [0.717, 1.165) is 56.6 Å². The van der Waals surface area contributed by atoms with Crippen LogP contribution in [0.1, 0.15) is 43.4 Å². The summed E-state index contributed by atoms with van der Waals surface area (Å²) in [6, 6.07) is 10.6. The van der Waals surface area contributed by atoms with E-state index < -0.39 is 0 Å². The fourth-order valence-electron chi connectivity index (χ4n) is 5.38. The maximum atomic E-state index is 13.5. The van der Waals surface area contributed by atoms with Crippen molar-refractivity contribution in [2.24, 2.45) is 0 Å². The van der Waals surface area contributed by atoms with E-state index >= 15 is 0 Å². The number of nitrogen functional groups attached to an aromatic ring is 1. The van der Waals surface area contributed by atoms with Crippen LogP contribution in [-0.4, -0.2) is 44.8 Å². The monoisotopic (exact) mass is 476 g/mol. The van der Waals surface area contributed by atoms with Crippen LogP contribution in [0.4, 0.5) is 15.0 Å². The molecule has 1 unspecified atom stereocenters. The van der Waals surface area contributed by atoms with Crippen LogP contribution in [0.5, 0.6) is 5.75 Å². The normalized spacial score (nSPS) is 21.2. The van der Waals surface area contributed by atoms with Gasteiger partial charge in [0.25, 0.3) is 0 Å². The van der Waals surface area contributed by atoms with Crippen molar-refractivity contribution >= 4 is 11.8 Å². The molecule has 1 saturated heterocycles. The van der Waals surface area contributed by atoms with Crippen LogP contribution < -0.4 is 15.8 Å². The molecular weight excluding hydrogens is 447 g/mol. The number of anilines is 1. The van der Waals surface area contributed by atoms with E-state index in [1.165, 1.54) is 24.2 Å². The Hall–Kier alpha value is -3.62. The first-order chi connectivity index (χ1) is 17.0. The lowest BCUT2D eigenvalue weighted by Crippen LogP contribution is -2.47. The van der Waals surface area contributed by atoms with E-state index in [-0.39, 0.29) is 29.7 Å². The van der Waals surface area contributed by atoms with Crippen LogP contribution in [0.3, 0.4) is 0 Å². The molecule has 3 aromatic rings. The smallest absolute Gasteiger partial charge is 0.317 e. The first-order valence-electron chi connectivity index (χ1n) is 12.3. The van der Waals surface area contributed by atoms with Gasteiger partial charge in [0.15, 0.2) is 11.6 Å². The van der Waals surface area contributed by atoms with Crippen molar-refractivity contribution in [2.45, 2.75) is 56.7 Å². The maximum absolute atomic E-state index is 13.5. The maximum Gasteiger partial charge on any atom is 0.317 e. The SMILES string of the molecule is Nc1ncc(-c2cc3n(n2)CCC32CCN(C(=O)NC3CCC3)C2)cc1OCc1cccc(F)c1. The number of amides is 2. The average molecular weight is 477 g/mol. The fourth-order valence-corrected chi connectivity index (χ4v) is 5.38. The number of likely N-dealkylation sites (tertiary alicyclic amines) is 1. The minimum absolute atomic E-state index is 0.0554. The molecule has 6 rings (SSSR count). The number of nitrogens with two attached hydrogens (primary N) is 1. The number of nitrogens with one attached hydrogen (secondary N) is 1. The summed E-state index contributed by atoms with van der Waals surface area (Å²) in [4.78, 5) is 19.0. The van der Waals surface area contributed by atoms with E-state index in [0.29, 0.717) is 17.4 Å². The number of halogens is 1. The number of rotatable bonds is 5. The van der Waals surface area contributed by atoms with Gasteiger partial charge in [-0.25, -0.2) is 14.2 Å². The van der Waals surface area contributed by atoms with Gasteiger partial charge in [0.2, 0.25) is 0 Å². The van der Waals surface area contributed by atoms with E-state index in [9.17, 15) is 9.18 Å². The van der Waals surface area contributed by atoms with Crippen LogP contribution >= 0.6 is 0 Å². The number of nitrogens with zero attached hydrogens (tertiary/aromatic N) is 4. The summed E-state index contributed by atoms with van der Waals surface area (Å²) in [6.07, 6.45) is 7.01. The Labute approximate surface area is 203 Å². The molecule has 2 aliphatic heterocycles. The summed E-state index contributed by atoms with van der Waals surface area (Å²) in [5.74, 6) is 0.407. The Balaban J connectivity index is 1.19. The molecule has 2 fully saturated rings. The van der Waals surface area contributed by atoms with Gasteiger partial charge in [-0.2, -0.15) is 5.10 Å². The number of urea groups is 1. The van der Waals surface area contributed by atoms with Crippen LogP contribution in [-0.2, 0) is 18.6 Å². The molecule has 0 bridgehead atoms. The predicted octanol–water partition coefficient (Wildman–Crippen LogP) is 3.85. The minimum atomic E-state index is -0.307. The van der Waals surface area contributed by atoms with Gasteiger partial charge in [-0.3, -0.25) is 4.68 Å². The molecule has 35 heavy (non-hydrogen) atoms. The third kappa shape index (κ3) is 4.09. The van der Waals surface area contributed by atoms with Gasteiger partial charge >= 0.3 is 6.03 Å². The number of hydrogen-bond donors (Lipinski definition) is 2. The Morgan fingerprint density at radius 2 is 2.09 bits per heavy atom. The molecule has 4 heterocycles. The second-order valence-electron chi connectivity index (χ2n) is 9.94. The van der Waals surface area contributed by atoms with Crippen molar-refractivity contribution in [1.29, 1.82) is 0 Å². The molecule has 182 valence electrons. The van der Waals surface area contributed by atoms with E-state index in [4.69, 9.17) is 15.6 Å². The summed E-state index contributed by atoms with van der Waals surface area (Å²) in [7, 11) is 0. The summed E-state index contributed by atoms with van der Waals surface area (Å²) in [6.45, 7) is 2.51. The third-order valence-corrected chi connectivity index (χ3v) is 7.66. The second-order valence-corrected chi connectivity index (χ2v) is 9.94. The van der Waals surface area contributed by atoms with Crippen LogP contribution in [0.2, 0.25) is 0 Å². The van der Waals surface area contributed by atoms with Crippen LogP contribution in [0.25, 0.3) is 11.3 Å². The number of hydrogen-bond acceptors (Lipinski definition) is 5. The Kier molecular flexibility index (Phi) is 5.35. The highest BCUT2D eigenvalue weighted by molar-refractivity contribution is 5.75. The van der Waals surface area contributed by atoms with E-state index in [1.54, 1.807) is 18.3 Å². The third-order valence-electron chi connectivity index (χ3n) is 7.66. The first-order valence-corrected chi connectivity index (χ1v) is 12.3. The number of aromatic nitrogens is 3. The lowest BCUT2D eigenvalue weighted by atomic mass is 9.82. The Morgan fingerprint density at radius 1 is 1.23 bits per heavy atom. The molecule has 1 aliphatic carbocycles. The van der Waals surface area contributed by atoms with Gasteiger partial charge in [0.05, 0.1) is 5.69 Å². The highest BCUT2D eigenvalue weighted by Crippen LogP contribution is 2.44. The van der Waals surface area contributed by atoms with Crippen molar-refractivity contribution in [2.75, 3.05) is 18.8 Å². The minimum Gasteiger partial charge on any atom is -0.485 e. The highest BCUT2D eigenvalue weighted by atomic mass is 19.1. The molecule has 3 N–H and O–H groups in total. The van der Waals surface area contributed by atoms with Crippen molar-refractivity contribution in [3.63, 3.8) is 0 Å². The summed E-state index contributed by atoms with van der Waals surface area (Å²) >= 11 is 0. The standard InChI is InChI=1S/C26H29FN6O2/c27-19-4-1-3-17(11-19)15-35-22-12-18(14-29-24(22)28)21-13-23-26(8-10-33(23)31-21)7-9-32(16-26)25(34)30-20-5-2-6-20/h1,3-4,11-14,20H,2,5-10,15-16H2,(H2,28,29)(H,30,34). The van der Waals surface area contributed by atoms with Crippen molar-refractivity contribution in [3.05, 3.63) is 59.7 Å². The van der Waals surface area contributed by atoms with Gasteiger partial charge in [0, 0.05) is 48.5 Å². The number of benzene rings is 1. The second kappa shape index (κ2) is 8.55. The topological polar surface area (TPSA) is 98.3 Å². The number of fused-ring (bicyclic) bond motifs is 2.